The number of hydrogen-bond donors (Lipinski definition) is 0. The molecule has 40 heavy (non-hydrogen) atoms. The van der Waals surface area contributed by atoms with Crippen LogP contribution >= 0.6 is 11.3 Å². The fraction of sp³-hybridized carbons (Fsp3) is 0.324. The number of pyridine rings is 1. The third-order valence-corrected chi connectivity index (χ3v) is 14.6. The molecule has 0 radical (unpaired) electrons. The zero-order valence-corrected chi connectivity index (χ0v) is 26.0. The van der Waals surface area contributed by atoms with E-state index in [2.05, 4.69) is 88.5 Å². The summed E-state index contributed by atoms with van der Waals surface area (Å²) >= 11 is 1.83. The van der Waals surface area contributed by atoms with Crippen LogP contribution in [-0.4, -0.2) is 19.2 Å². The molecule has 0 aliphatic carbocycles. The number of thiophene rings is 1. The quantitative estimate of drug-likeness (QED) is 0.184. The predicted octanol–water partition coefficient (Wildman–Crippen LogP) is 9.50. The summed E-state index contributed by atoms with van der Waals surface area (Å²) in [5.41, 5.74) is 3.71. The van der Waals surface area contributed by atoms with Crippen molar-refractivity contribution in [1.82, 2.24) is 4.98 Å². The molecule has 6 heteroatoms. The van der Waals surface area contributed by atoms with E-state index in [-0.39, 0.29) is 6.42 Å². The minimum absolute atomic E-state index is 0.0279. The molecule has 0 N–H and O–H groups in total. The molecular weight excluding hydrogens is 540 g/mol. The average molecular weight is 576 g/mol. The lowest BCUT2D eigenvalue weighted by Gasteiger charge is -2.28. The monoisotopic (exact) mass is 575 g/mol. The second-order valence-corrected chi connectivity index (χ2v) is 18.1. The smallest absolute Gasteiger partial charge is 0.255 e. The predicted molar refractivity (Wildman–Crippen MR) is 168 cm³/mol. The number of aryl methyl sites for hydroxylation is 1. The molecule has 0 aliphatic heterocycles. The minimum atomic E-state index is -4.24. The van der Waals surface area contributed by atoms with Crippen LogP contribution in [-0.2, 0) is 6.42 Å². The highest BCUT2D eigenvalue weighted by atomic mass is 32.1. The van der Waals surface area contributed by atoms with E-state index in [1.165, 1.54) is 55.5 Å². The van der Waals surface area contributed by atoms with Gasteiger partial charge < -0.3 is 0 Å². The molecule has 5 aromatic rings. The van der Waals surface area contributed by atoms with E-state index in [0.717, 1.165) is 11.3 Å². The number of aromatic nitrogens is 1. The van der Waals surface area contributed by atoms with Crippen molar-refractivity contribution in [3.05, 3.63) is 89.6 Å². The Morgan fingerprint density at radius 1 is 0.900 bits per heavy atom. The molecule has 2 aromatic heterocycles. The summed E-state index contributed by atoms with van der Waals surface area (Å²) in [6.45, 7) is 13.9. The summed E-state index contributed by atoms with van der Waals surface area (Å²) < 4.78 is 42.9. The van der Waals surface area contributed by atoms with Gasteiger partial charge in [0, 0.05) is 11.8 Å². The summed E-state index contributed by atoms with van der Waals surface area (Å²) in [6.07, 6.45) is -2.35. The molecule has 0 bridgehead atoms. The van der Waals surface area contributed by atoms with Gasteiger partial charge in [0.05, 0.1) is 15.8 Å². The van der Waals surface area contributed by atoms with Gasteiger partial charge in [0.15, 0.2) is 0 Å². The summed E-state index contributed by atoms with van der Waals surface area (Å²) in [7, 11) is -2.13. The summed E-state index contributed by atoms with van der Waals surface area (Å²) in [5, 5.41) is 4.96. The van der Waals surface area contributed by atoms with Gasteiger partial charge in [-0.1, -0.05) is 94.5 Å². The van der Waals surface area contributed by atoms with Gasteiger partial charge in [-0.05, 0) is 74.8 Å². The minimum Gasteiger partial charge on any atom is -0.255 e. The van der Waals surface area contributed by atoms with Crippen molar-refractivity contribution >= 4 is 50.0 Å². The second kappa shape index (κ2) is 10.1. The third-order valence-electron chi connectivity index (χ3n) is 8.30. The van der Waals surface area contributed by atoms with Crippen molar-refractivity contribution < 1.29 is 13.2 Å². The van der Waals surface area contributed by atoms with Gasteiger partial charge in [0.1, 0.15) is 8.07 Å². The van der Waals surface area contributed by atoms with E-state index >= 15 is 0 Å². The van der Waals surface area contributed by atoms with Gasteiger partial charge in [-0.2, -0.15) is 13.2 Å². The highest BCUT2D eigenvalue weighted by Crippen LogP contribution is 2.40. The number of nitrogens with zero attached hydrogens (tertiary/aromatic N) is 1. The standard InChI is InChI=1S/C34H36F3NSSi/c1-21(2)29-19-25(18-24-10-8-9-11-28(24)29)30-31-27(16-17-38-30)22(3)32(39-31)40(6,7)26-14-12-23(13-15-26)20-33(4,5)34(35,36)37/h8-19,21H,20H2,1-7H3. The van der Waals surface area contributed by atoms with E-state index in [1.54, 1.807) is 0 Å². The molecule has 0 spiro atoms. The molecule has 3 aromatic carbocycles. The van der Waals surface area contributed by atoms with Crippen LogP contribution < -0.4 is 9.69 Å². The van der Waals surface area contributed by atoms with Crippen LogP contribution in [0, 0.1) is 12.3 Å². The van der Waals surface area contributed by atoms with Crippen LogP contribution in [0.15, 0.2) is 72.9 Å². The van der Waals surface area contributed by atoms with Crippen LogP contribution in [0.3, 0.4) is 0 Å². The molecule has 1 nitrogen and oxygen atoms in total. The number of alkyl halides is 3. The first-order valence-electron chi connectivity index (χ1n) is 13.8. The Hall–Kier alpha value is -2.96. The van der Waals surface area contributed by atoms with Crippen LogP contribution in [0.5, 0.6) is 0 Å². The van der Waals surface area contributed by atoms with E-state index in [4.69, 9.17) is 4.98 Å². The summed E-state index contributed by atoms with van der Waals surface area (Å²) in [4.78, 5) is 4.89. The molecule has 0 fully saturated rings. The number of fused-ring (bicyclic) bond motifs is 2. The van der Waals surface area contributed by atoms with Crippen LogP contribution in [0.2, 0.25) is 13.1 Å². The highest BCUT2D eigenvalue weighted by molar-refractivity contribution is 7.34. The first kappa shape index (κ1) is 28.6. The zero-order valence-electron chi connectivity index (χ0n) is 24.2. The van der Waals surface area contributed by atoms with Crippen molar-refractivity contribution in [1.29, 1.82) is 0 Å². The molecule has 2 heterocycles. The van der Waals surface area contributed by atoms with Crippen molar-refractivity contribution in [2.45, 2.75) is 66.2 Å². The summed E-state index contributed by atoms with van der Waals surface area (Å²) in [5.74, 6) is 0.390. The Kier molecular flexibility index (Phi) is 7.24. The average Bonchev–Trinajstić information content (AvgIpc) is 3.24. The molecule has 0 amide bonds. The van der Waals surface area contributed by atoms with Crippen molar-refractivity contribution in [3.63, 3.8) is 0 Å². The fourth-order valence-electron chi connectivity index (χ4n) is 5.69. The third kappa shape index (κ3) is 5.01. The maximum absolute atomic E-state index is 13.5. The van der Waals surface area contributed by atoms with E-state index in [1.807, 2.05) is 29.7 Å². The number of halogens is 3. The number of benzene rings is 3. The highest BCUT2D eigenvalue weighted by Gasteiger charge is 2.47. The molecule has 208 valence electrons. The molecule has 0 saturated heterocycles. The lowest BCUT2D eigenvalue weighted by atomic mass is 9.85. The first-order chi connectivity index (χ1) is 18.7. The van der Waals surface area contributed by atoms with Crippen molar-refractivity contribution in [3.8, 4) is 11.3 Å². The lowest BCUT2D eigenvalue weighted by molar-refractivity contribution is -0.211. The number of hydrogen-bond acceptors (Lipinski definition) is 2. The Labute approximate surface area is 240 Å². The maximum atomic E-state index is 13.5. The Balaban J connectivity index is 1.57. The molecule has 5 rings (SSSR count). The van der Waals surface area contributed by atoms with Gasteiger partial charge in [-0.15, -0.1) is 11.3 Å². The molecule has 0 saturated carbocycles. The van der Waals surface area contributed by atoms with Crippen LogP contribution in [0.1, 0.15) is 50.3 Å². The van der Waals surface area contributed by atoms with Gasteiger partial charge in [-0.25, -0.2) is 0 Å². The van der Waals surface area contributed by atoms with Crippen molar-refractivity contribution in [2.24, 2.45) is 5.41 Å². The van der Waals surface area contributed by atoms with Crippen LogP contribution in [0.4, 0.5) is 13.2 Å². The van der Waals surface area contributed by atoms with Gasteiger partial charge in [0.25, 0.3) is 0 Å². The van der Waals surface area contributed by atoms with E-state index < -0.39 is 19.7 Å². The van der Waals surface area contributed by atoms with Gasteiger partial charge in [-0.3, -0.25) is 4.98 Å². The zero-order chi connectivity index (χ0) is 29.0. The number of rotatable bonds is 6. The van der Waals surface area contributed by atoms with E-state index in [9.17, 15) is 13.2 Å². The lowest BCUT2D eigenvalue weighted by Crippen LogP contribution is -2.52. The normalized spacial score (nSPS) is 13.1. The fourth-order valence-corrected chi connectivity index (χ4v) is 10.8. The Morgan fingerprint density at radius 3 is 2.23 bits per heavy atom. The Bertz CT molecular complexity index is 1700. The Morgan fingerprint density at radius 2 is 1.57 bits per heavy atom. The summed E-state index contributed by atoms with van der Waals surface area (Å²) in [6, 6.07) is 23.1. The molecule has 0 unspecified atom stereocenters. The molecule has 0 atom stereocenters. The largest absolute Gasteiger partial charge is 0.394 e. The second-order valence-electron chi connectivity index (χ2n) is 12.4. The van der Waals surface area contributed by atoms with Crippen molar-refractivity contribution in [2.75, 3.05) is 0 Å². The van der Waals surface area contributed by atoms with E-state index in [0.29, 0.717) is 11.5 Å². The maximum Gasteiger partial charge on any atom is 0.394 e. The van der Waals surface area contributed by atoms with Crippen LogP contribution in [0.25, 0.3) is 32.1 Å². The topological polar surface area (TPSA) is 12.9 Å². The molecule has 0 aliphatic rings. The molecular formula is C34H36F3NSSi. The van der Waals surface area contributed by atoms with Gasteiger partial charge >= 0.3 is 6.18 Å². The first-order valence-corrected chi connectivity index (χ1v) is 17.6. The van der Waals surface area contributed by atoms with Gasteiger partial charge in [0.2, 0.25) is 0 Å². The SMILES string of the molecule is Cc1c([Si](C)(C)c2ccc(CC(C)(C)C(F)(F)F)cc2)sc2c(-c3cc(C(C)C)c4ccccc4c3)nccc12.